The molecule has 1 saturated heterocycles. The van der Waals surface area contributed by atoms with Gasteiger partial charge < -0.3 is 15.1 Å². The van der Waals surface area contributed by atoms with E-state index in [0.29, 0.717) is 18.4 Å². The van der Waals surface area contributed by atoms with Crippen LogP contribution in [0.3, 0.4) is 0 Å². The smallest absolute Gasteiger partial charge is 0.317 e. The van der Waals surface area contributed by atoms with E-state index in [1.165, 1.54) is 11.1 Å². The highest BCUT2D eigenvalue weighted by Crippen LogP contribution is 2.32. The fraction of sp³-hybridized carbons (Fsp3) is 0.579. The number of urea groups is 1. The Morgan fingerprint density at radius 2 is 1.62 bits per heavy atom. The number of nitrogens with zero attached hydrogens (tertiary/aromatic N) is 2. The number of piperidine rings is 1. The third kappa shape index (κ3) is 3.25. The van der Waals surface area contributed by atoms with Crippen molar-refractivity contribution >= 4 is 11.9 Å². The Balaban J connectivity index is 1.27. The normalized spacial score (nSPS) is 21.3. The Labute approximate surface area is 143 Å². The minimum Gasteiger partial charge on any atom is -0.342 e. The highest BCUT2D eigenvalue weighted by atomic mass is 16.2. The molecule has 5 heteroatoms. The highest BCUT2D eigenvalue weighted by Gasteiger charge is 2.35. The maximum absolute atomic E-state index is 12.5. The van der Waals surface area contributed by atoms with Crippen LogP contribution >= 0.6 is 0 Å². The predicted molar refractivity (Wildman–Crippen MR) is 91.4 cm³/mol. The lowest BCUT2D eigenvalue weighted by Gasteiger charge is -2.35. The monoisotopic (exact) mass is 327 g/mol. The standard InChI is InChI=1S/C19H25N3O2/c23-18(15-5-6-15)21-11-8-17(9-12-21)20-19(24)22-10-7-14-3-1-2-4-16(14)13-22/h1-4,15,17H,5-13H2,(H,20,24). The Bertz CT molecular complexity index is 633. The Morgan fingerprint density at radius 1 is 0.917 bits per heavy atom. The molecule has 0 atom stereocenters. The minimum absolute atomic E-state index is 0.0384. The first kappa shape index (κ1) is 15.5. The summed E-state index contributed by atoms with van der Waals surface area (Å²) in [7, 11) is 0. The van der Waals surface area contributed by atoms with E-state index in [-0.39, 0.29) is 12.1 Å². The first-order chi connectivity index (χ1) is 11.7. The van der Waals surface area contributed by atoms with Crippen LogP contribution in [0, 0.1) is 5.92 Å². The van der Waals surface area contributed by atoms with Crippen LogP contribution in [-0.2, 0) is 17.8 Å². The Kier molecular flexibility index (Phi) is 4.17. The average Bonchev–Trinajstić information content (AvgIpc) is 3.46. The lowest BCUT2D eigenvalue weighted by atomic mass is 10.00. The zero-order valence-electron chi connectivity index (χ0n) is 14.0. The summed E-state index contributed by atoms with van der Waals surface area (Å²) in [6.07, 6.45) is 4.79. The second-order valence-corrected chi connectivity index (χ2v) is 7.26. The molecule has 5 nitrogen and oxygen atoms in total. The second-order valence-electron chi connectivity index (χ2n) is 7.26. The molecule has 0 spiro atoms. The van der Waals surface area contributed by atoms with Gasteiger partial charge in [0.25, 0.3) is 0 Å². The van der Waals surface area contributed by atoms with E-state index in [9.17, 15) is 9.59 Å². The van der Waals surface area contributed by atoms with Crippen molar-refractivity contribution < 1.29 is 9.59 Å². The summed E-state index contributed by atoms with van der Waals surface area (Å²) in [5.41, 5.74) is 2.61. The zero-order valence-corrected chi connectivity index (χ0v) is 14.0. The largest absolute Gasteiger partial charge is 0.342 e. The quantitative estimate of drug-likeness (QED) is 0.905. The number of carbonyl (C=O) groups is 2. The van der Waals surface area contributed by atoms with Gasteiger partial charge in [0.05, 0.1) is 0 Å². The number of carbonyl (C=O) groups excluding carboxylic acids is 2. The fourth-order valence-corrected chi connectivity index (χ4v) is 3.77. The van der Waals surface area contributed by atoms with Crippen LogP contribution in [0.5, 0.6) is 0 Å². The predicted octanol–water partition coefficient (Wildman–Crippen LogP) is 2.16. The summed E-state index contributed by atoms with van der Waals surface area (Å²) < 4.78 is 0. The van der Waals surface area contributed by atoms with Gasteiger partial charge in [0.2, 0.25) is 5.91 Å². The van der Waals surface area contributed by atoms with Crippen molar-refractivity contribution in [2.75, 3.05) is 19.6 Å². The van der Waals surface area contributed by atoms with Crippen molar-refractivity contribution in [3.63, 3.8) is 0 Å². The van der Waals surface area contributed by atoms with E-state index in [2.05, 4.69) is 23.5 Å². The summed E-state index contributed by atoms with van der Waals surface area (Å²) >= 11 is 0. The molecule has 0 radical (unpaired) electrons. The van der Waals surface area contributed by atoms with Crippen LogP contribution in [0.2, 0.25) is 0 Å². The molecule has 24 heavy (non-hydrogen) atoms. The third-order valence-corrected chi connectivity index (χ3v) is 5.48. The molecular weight excluding hydrogens is 302 g/mol. The molecular formula is C19H25N3O2. The van der Waals surface area contributed by atoms with Crippen molar-refractivity contribution in [2.24, 2.45) is 5.92 Å². The van der Waals surface area contributed by atoms with Gasteiger partial charge in [0.15, 0.2) is 0 Å². The van der Waals surface area contributed by atoms with Gasteiger partial charge in [-0.1, -0.05) is 24.3 Å². The molecule has 1 aliphatic carbocycles. The van der Waals surface area contributed by atoms with Crippen molar-refractivity contribution in [3.05, 3.63) is 35.4 Å². The molecule has 128 valence electrons. The zero-order chi connectivity index (χ0) is 16.5. The maximum atomic E-state index is 12.5. The van der Waals surface area contributed by atoms with E-state index in [1.54, 1.807) is 0 Å². The van der Waals surface area contributed by atoms with E-state index in [1.807, 2.05) is 15.9 Å². The number of hydrogen-bond acceptors (Lipinski definition) is 2. The molecule has 2 fully saturated rings. The number of benzene rings is 1. The van der Waals surface area contributed by atoms with Gasteiger partial charge in [-0.05, 0) is 43.2 Å². The van der Waals surface area contributed by atoms with Gasteiger partial charge in [0.1, 0.15) is 0 Å². The number of amides is 3. The Morgan fingerprint density at radius 3 is 2.33 bits per heavy atom. The molecule has 1 N–H and O–H groups in total. The third-order valence-electron chi connectivity index (χ3n) is 5.48. The molecule has 0 bridgehead atoms. The summed E-state index contributed by atoms with van der Waals surface area (Å²) in [5.74, 6) is 0.622. The van der Waals surface area contributed by atoms with E-state index in [4.69, 9.17) is 0 Å². The van der Waals surface area contributed by atoms with Gasteiger partial charge in [-0.25, -0.2) is 4.79 Å². The Hall–Kier alpha value is -2.04. The van der Waals surface area contributed by atoms with Crippen LogP contribution in [0.4, 0.5) is 4.79 Å². The molecule has 1 saturated carbocycles. The molecule has 3 aliphatic rings. The lowest BCUT2D eigenvalue weighted by molar-refractivity contribution is -0.133. The van der Waals surface area contributed by atoms with Gasteiger partial charge in [-0.3, -0.25) is 4.79 Å². The molecule has 3 amide bonds. The van der Waals surface area contributed by atoms with Crippen molar-refractivity contribution in [3.8, 4) is 0 Å². The average molecular weight is 327 g/mol. The van der Waals surface area contributed by atoms with Crippen LogP contribution < -0.4 is 5.32 Å². The summed E-state index contributed by atoms with van der Waals surface area (Å²) in [4.78, 5) is 28.5. The van der Waals surface area contributed by atoms with Crippen LogP contribution in [0.25, 0.3) is 0 Å². The summed E-state index contributed by atoms with van der Waals surface area (Å²) in [6.45, 7) is 3.04. The van der Waals surface area contributed by atoms with E-state index in [0.717, 1.165) is 51.7 Å². The summed E-state index contributed by atoms with van der Waals surface area (Å²) in [5, 5.41) is 3.17. The molecule has 2 aliphatic heterocycles. The number of likely N-dealkylation sites (tertiary alicyclic amines) is 1. The fourth-order valence-electron chi connectivity index (χ4n) is 3.77. The topological polar surface area (TPSA) is 52.7 Å². The SMILES string of the molecule is O=C(NC1CCN(C(=O)C2CC2)CC1)N1CCc2ccccc2C1. The molecule has 0 unspecified atom stereocenters. The van der Waals surface area contributed by atoms with Crippen molar-refractivity contribution in [1.29, 1.82) is 0 Å². The molecule has 0 aromatic heterocycles. The van der Waals surface area contributed by atoms with Gasteiger partial charge in [-0.15, -0.1) is 0 Å². The van der Waals surface area contributed by atoms with Crippen LogP contribution in [0.15, 0.2) is 24.3 Å². The minimum atomic E-state index is 0.0384. The van der Waals surface area contributed by atoms with Gasteiger partial charge in [0, 0.05) is 38.1 Å². The van der Waals surface area contributed by atoms with Gasteiger partial charge in [-0.2, -0.15) is 0 Å². The first-order valence-corrected chi connectivity index (χ1v) is 9.12. The highest BCUT2D eigenvalue weighted by molar-refractivity contribution is 5.81. The second kappa shape index (κ2) is 6.46. The van der Waals surface area contributed by atoms with Crippen molar-refractivity contribution in [1.82, 2.24) is 15.1 Å². The summed E-state index contributed by atoms with van der Waals surface area (Å²) in [6, 6.07) is 8.58. The lowest BCUT2D eigenvalue weighted by Crippen LogP contribution is -2.51. The maximum Gasteiger partial charge on any atom is 0.317 e. The number of rotatable bonds is 2. The van der Waals surface area contributed by atoms with Crippen molar-refractivity contribution in [2.45, 2.75) is 44.7 Å². The van der Waals surface area contributed by atoms with E-state index < -0.39 is 0 Å². The molecule has 1 aromatic rings. The van der Waals surface area contributed by atoms with Gasteiger partial charge >= 0.3 is 6.03 Å². The number of fused-ring (bicyclic) bond motifs is 1. The molecule has 2 heterocycles. The number of hydrogen-bond donors (Lipinski definition) is 1. The van der Waals surface area contributed by atoms with E-state index >= 15 is 0 Å². The van der Waals surface area contributed by atoms with Crippen LogP contribution in [-0.4, -0.2) is 47.4 Å². The van der Waals surface area contributed by atoms with Crippen LogP contribution in [0.1, 0.15) is 36.8 Å². The molecule has 1 aromatic carbocycles. The first-order valence-electron chi connectivity index (χ1n) is 9.12. The molecule has 4 rings (SSSR count). The number of nitrogens with one attached hydrogen (secondary N) is 1.